The number of nitrogens with zero attached hydrogens (tertiary/aromatic N) is 1. The maximum absolute atomic E-state index is 12.7. The molecule has 0 aromatic heterocycles. The van der Waals surface area contributed by atoms with Crippen LogP contribution >= 0.6 is 0 Å². The van der Waals surface area contributed by atoms with Crippen LogP contribution in [0.1, 0.15) is 39.2 Å². The van der Waals surface area contributed by atoms with Crippen LogP contribution in [0.3, 0.4) is 0 Å². The van der Waals surface area contributed by atoms with Gasteiger partial charge in [-0.2, -0.15) is 4.31 Å². The molecule has 0 spiro atoms. The number of nitrogen functional groups attached to an aromatic ring is 1. The van der Waals surface area contributed by atoms with E-state index in [2.05, 4.69) is 13.8 Å². The molecule has 1 fully saturated rings. The highest BCUT2D eigenvalue weighted by molar-refractivity contribution is 7.89. The molecule has 118 valence electrons. The van der Waals surface area contributed by atoms with Crippen LogP contribution in [0.2, 0.25) is 0 Å². The van der Waals surface area contributed by atoms with E-state index in [1.54, 1.807) is 16.4 Å². The predicted octanol–water partition coefficient (Wildman–Crippen LogP) is 2.89. The van der Waals surface area contributed by atoms with Crippen LogP contribution in [0.25, 0.3) is 0 Å². The van der Waals surface area contributed by atoms with E-state index in [4.69, 9.17) is 5.73 Å². The molecular formula is C16H26N2O2S. The van der Waals surface area contributed by atoms with Crippen LogP contribution in [0.15, 0.2) is 23.1 Å². The van der Waals surface area contributed by atoms with Gasteiger partial charge in [-0.1, -0.05) is 26.8 Å². The molecule has 0 bridgehead atoms. The molecule has 2 rings (SSSR count). The molecular weight excluding hydrogens is 284 g/mol. The standard InChI is InChI=1S/C16H26N2O2S/c1-4-13-5-6-15(11-16(13)17)21(19,20)18-9-7-14(8-10-18)12(2)3/h5-6,11-12,14H,4,7-10,17H2,1-3H3. The second-order valence-electron chi connectivity index (χ2n) is 6.20. The average Bonchev–Trinajstić information content (AvgIpc) is 2.47. The Morgan fingerprint density at radius 3 is 2.38 bits per heavy atom. The summed E-state index contributed by atoms with van der Waals surface area (Å²) < 4.78 is 27.0. The van der Waals surface area contributed by atoms with Gasteiger partial charge in [-0.15, -0.1) is 0 Å². The normalized spacial score (nSPS) is 18.3. The van der Waals surface area contributed by atoms with Gasteiger partial charge >= 0.3 is 0 Å². The first-order valence-corrected chi connectivity index (χ1v) is 9.18. The van der Waals surface area contributed by atoms with Gasteiger partial charge in [-0.05, 0) is 48.8 Å². The Kier molecular flexibility index (Phi) is 4.94. The second-order valence-corrected chi connectivity index (χ2v) is 8.14. The van der Waals surface area contributed by atoms with Crippen LogP contribution < -0.4 is 5.73 Å². The van der Waals surface area contributed by atoms with E-state index < -0.39 is 10.0 Å². The van der Waals surface area contributed by atoms with Gasteiger partial charge in [0, 0.05) is 18.8 Å². The monoisotopic (exact) mass is 310 g/mol. The molecule has 1 aliphatic heterocycles. The van der Waals surface area contributed by atoms with Crippen LogP contribution in [0.5, 0.6) is 0 Å². The molecule has 1 saturated heterocycles. The molecule has 21 heavy (non-hydrogen) atoms. The lowest BCUT2D eigenvalue weighted by molar-refractivity contribution is 0.226. The number of aryl methyl sites for hydroxylation is 1. The average molecular weight is 310 g/mol. The number of rotatable bonds is 4. The van der Waals surface area contributed by atoms with Gasteiger partial charge in [0.25, 0.3) is 0 Å². The van der Waals surface area contributed by atoms with Gasteiger partial charge in [-0.25, -0.2) is 8.42 Å². The quantitative estimate of drug-likeness (QED) is 0.870. The topological polar surface area (TPSA) is 63.4 Å². The molecule has 1 aromatic carbocycles. The van der Waals surface area contributed by atoms with Crippen molar-refractivity contribution in [3.05, 3.63) is 23.8 Å². The number of hydrogen-bond acceptors (Lipinski definition) is 3. The van der Waals surface area contributed by atoms with Crippen molar-refractivity contribution >= 4 is 15.7 Å². The fourth-order valence-electron chi connectivity index (χ4n) is 2.99. The fourth-order valence-corrected chi connectivity index (χ4v) is 4.49. The molecule has 1 aliphatic rings. The fraction of sp³-hybridized carbons (Fsp3) is 0.625. The summed E-state index contributed by atoms with van der Waals surface area (Å²) >= 11 is 0. The summed E-state index contributed by atoms with van der Waals surface area (Å²) in [6, 6.07) is 5.10. The lowest BCUT2D eigenvalue weighted by atomic mass is 9.87. The van der Waals surface area contributed by atoms with Crippen molar-refractivity contribution in [2.45, 2.75) is 44.9 Å². The molecule has 0 saturated carbocycles. The van der Waals surface area contributed by atoms with Gasteiger partial charge in [0.05, 0.1) is 4.90 Å². The number of anilines is 1. The Balaban J connectivity index is 2.17. The summed E-state index contributed by atoms with van der Waals surface area (Å²) in [6.45, 7) is 7.65. The molecule has 2 N–H and O–H groups in total. The third-order valence-corrected chi connectivity index (χ3v) is 6.47. The zero-order valence-electron chi connectivity index (χ0n) is 13.2. The van der Waals surface area contributed by atoms with Crippen LogP contribution in [-0.2, 0) is 16.4 Å². The first kappa shape index (κ1) is 16.3. The highest BCUT2D eigenvalue weighted by atomic mass is 32.2. The van der Waals surface area contributed by atoms with E-state index in [1.807, 2.05) is 13.0 Å². The van der Waals surface area contributed by atoms with Crippen LogP contribution in [-0.4, -0.2) is 25.8 Å². The van der Waals surface area contributed by atoms with E-state index in [-0.39, 0.29) is 0 Å². The van der Waals surface area contributed by atoms with Crippen molar-refractivity contribution in [2.75, 3.05) is 18.8 Å². The summed E-state index contributed by atoms with van der Waals surface area (Å²) in [7, 11) is -3.41. The smallest absolute Gasteiger partial charge is 0.243 e. The van der Waals surface area contributed by atoms with Crippen molar-refractivity contribution in [2.24, 2.45) is 11.8 Å². The zero-order chi connectivity index (χ0) is 15.6. The Morgan fingerprint density at radius 2 is 1.90 bits per heavy atom. The second kappa shape index (κ2) is 6.36. The maximum Gasteiger partial charge on any atom is 0.243 e. The van der Waals surface area contributed by atoms with Crippen LogP contribution in [0.4, 0.5) is 5.69 Å². The Morgan fingerprint density at radius 1 is 1.29 bits per heavy atom. The van der Waals surface area contributed by atoms with Crippen molar-refractivity contribution < 1.29 is 8.42 Å². The van der Waals surface area contributed by atoms with E-state index >= 15 is 0 Å². The van der Waals surface area contributed by atoms with Crippen molar-refractivity contribution in [1.29, 1.82) is 0 Å². The highest BCUT2D eigenvalue weighted by Crippen LogP contribution is 2.29. The third kappa shape index (κ3) is 3.40. The molecule has 0 aliphatic carbocycles. The molecule has 0 radical (unpaired) electrons. The van der Waals surface area contributed by atoms with Gasteiger partial charge < -0.3 is 5.73 Å². The lowest BCUT2D eigenvalue weighted by Gasteiger charge is -2.33. The number of hydrogen-bond donors (Lipinski definition) is 1. The molecule has 1 aromatic rings. The SMILES string of the molecule is CCc1ccc(S(=O)(=O)N2CCC(C(C)C)CC2)cc1N. The van der Waals surface area contributed by atoms with E-state index in [1.165, 1.54) is 0 Å². The van der Waals surface area contributed by atoms with Crippen molar-refractivity contribution in [3.63, 3.8) is 0 Å². The van der Waals surface area contributed by atoms with E-state index in [0.717, 1.165) is 24.8 Å². The maximum atomic E-state index is 12.7. The Hall–Kier alpha value is -1.07. The molecule has 5 heteroatoms. The van der Waals surface area contributed by atoms with E-state index in [0.29, 0.717) is 35.5 Å². The van der Waals surface area contributed by atoms with E-state index in [9.17, 15) is 8.42 Å². The van der Waals surface area contributed by atoms with Gasteiger partial charge in [-0.3, -0.25) is 0 Å². The van der Waals surface area contributed by atoms with Crippen molar-refractivity contribution in [3.8, 4) is 0 Å². The van der Waals surface area contributed by atoms with Gasteiger partial charge in [0.2, 0.25) is 10.0 Å². The summed E-state index contributed by atoms with van der Waals surface area (Å²) in [6.07, 6.45) is 2.70. The minimum Gasteiger partial charge on any atom is -0.398 e. The molecule has 1 heterocycles. The first-order chi connectivity index (χ1) is 9.86. The number of sulfonamides is 1. The number of benzene rings is 1. The summed E-state index contributed by atoms with van der Waals surface area (Å²) in [5, 5.41) is 0. The predicted molar refractivity (Wildman–Crippen MR) is 86.6 cm³/mol. The van der Waals surface area contributed by atoms with Crippen molar-refractivity contribution in [1.82, 2.24) is 4.31 Å². The number of nitrogens with two attached hydrogens (primary N) is 1. The lowest BCUT2D eigenvalue weighted by Crippen LogP contribution is -2.39. The largest absolute Gasteiger partial charge is 0.398 e. The summed E-state index contributed by atoms with van der Waals surface area (Å²) in [5.74, 6) is 1.25. The highest BCUT2D eigenvalue weighted by Gasteiger charge is 2.30. The summed E-state index contributed by atoms with van der Waals surface area (Å²) in [5.41, 5.74) is 7.50. The molecule has 4 nitrogen and oxygen atoms in total. The van der Waals surface area contributed by atoms with Gasteiger partial charge in [0.15, 0.2) is 0 Å². The Labute approximate surface area is 128 Å². The summed E-state index contributed by atoms with van der Waals surface area (Å²) in [4.78, 5) is 0.320. The first-order valence-electron chi connectivity index (χ1n) is 7.74. The van der Waals surface area contributed by atoms with Gasteiger partial charge in [0.1, 0.15) is 0 Å². The van der Waals surface area contributed by atoms with Crippen LogP contribution in [0, 0.1) is 11.8 Å². The minimum atomic E-state index is -3.41. The molecule has 0 amide bonds. The Bertz CT molecular complexity index is 588. The number of piperidine rings is 1. The minimum absolute atomic E-state index is 0.320. The molecule has 0 atom stereocenters. The molecule has 0 unspecified atom stereocenters. The zero-order valence-corrected chi connectivity index (χ0v) is 14.0. The third-order valence-electron chi connectivity index (χ3n) is 4.58.